The van der Waals surface area contributed by atoms with Gasteiger partial charge in [-0.15, -0.1) is 11.3 Å². The normalized spacial score (nSPS) is 11.4. The van der Waals surface area contributed by atoms with Crippen molar-refractivity contribution in [2.45, 2.75) is 6.42 Å². The molecule has 0 N–H and O–H groups in total. The van der Waals surface area contributed by atoms with E-state index >= 15 is 0 Å². The number of carbonyl (C=O) groups excluding carboxylic acids is 1. The molecule has 29 heavy (non-hydrogen) atoms. The highest BCUT2D eigenvalue weighted by molar-refractivity contribution is 7.23. The molecular weight excluding hydrogens is 404 g/mol. The number of rotatable bonds is 7. The molecule has 6 nitrogen and oxygen atoms in total. The Bertz CT molecular complexity index is 1120. The number of methoxy groups -OCH3 is 1. The molecule has 0 radical (unpaired) electrons. The van der Waals surface area contributed by atoms with Crippen LogP contribution in [0.5, 0.6) is 5.75 Å². The topological polar surface area (TPSA) is 58.6 Å². The van der Waals surface area contributed by atoms with Gasteiger partial charge in [0.05, 0.1) is 22.0 Å². The molecule has 2 aromatic carbocycles. The van der Waals surface area contributed by atoms with Gasteiger partial charge in [-0.2, -0.15) is 0 Å². The zero-order valence-corrected chi connectivity index (χ0v) is 18.2. The Morgan fingerprint density at radius 3 is 2.55 bits per heavy atom. The molecular formula is C21H22N4O2S2. The summed E-state index contributed by atoms with van der Waals surface area (Å²) in [7, 11) is 5.69. The first-order valence-electron chi connectivity index (χ1n) is 9.32. The summed E-state index contributed by atoms with van der Waals surface area (Å²) in [6, 6.07) is 13.6. The maximum Gasteiger partial charge on any atom is 0.289 e. The molecule has 0 unspecified atom stereocenters. The number of hydrogen-bond donors (Lipinski definition) is 0. The highest BCUT2D eigenvalue weighted by atomic mass is 32.1. The largest absolute Gasteiger partial charge is 0.494 e. The molecule has 150 valence electrons. The minimum absolute atomic E-state index is 0.108. The molecule has 0 atom stereocenters. The number of aromatic nitrogens is 2. The summed E-state index contributed by atoms with van der Waals surface area (Å²) in [4.78, 5) is 26.6. The Morgan fingerprint density at radius 2 is 1.79 bits per heavy atom. The van der Waals surface area contributed by atoms with Gasteiger partial charge >= 0.3 is 0 Å². The van der Waals surface area contributed by atoms with E-state index in [9.17, 15) is 4.79 Å². The monoisotopic (exact) mass is 426 g/mol. The summed E-state index contributed by atoms with van der Waals surface area (Å²) in [5, 5.41) is 1.16. The van der Waals surface area contributed by atoms with Crippen LogP contribution in [0.15, 0.2) is 42.5 Å². The molecule has 4 aromatic rings. The van der Waals surface area contributed by atoms with Crippen LogP contribution in [0.4, 0.5) is 5.13 Å². The summed E-state index contributed by atoms with van der Waals surface area (Å²) < 4.78 is 7.45. The molecule has 0 spiro atoms. The van der Waals surface area contributed by atoms with Crippen molar-refractivity contribution in [3.8, 4) is 5.75 Å². The summed E-state index contributed by atoms with van der Waals surface area (Å²) in [6.45, 7) is 1.47. The highest BCUT2D eigenvalue weighted by Crippen LogP contribution is 2.35. The van der Waals surface area contributed by atoms with Crippen LogP contribution >= 0.6 is 22.7 Å². The van der Waals surface area contributed by atoms with Gasteiger partial charge in [0, 0.05) is 6.54 Å². The Morgan fingerprint density at radius 1 is 1.00 bits per heavy atom. The Hall–Kier alpha value is -2.55. The summed E-state index contributed by atoms with van der Waals surface area (Å²) in [5.41, 5.74) is 1.63. The molecule has 0 saturated heterocycles. The number of nitrogens with zero attached hydrogens (tertiary/aromatic N) is 4. The first kappa shape index (κ1) is 19.8. The fourth-order valence-electron chi connectivity index (χ4n) is 3.10. The number of thiazole rings is 2. The van der Waals surface area contributed by atoms with Crippen molar-refractivity contribution >= 4 is 54.1 Å². The standard InChI is InChI=1S/C21H22N4O2S2/c1-24(2)12-7-13-25(20(26)19-22-14-8-4-5-10-16(14)28-19)21-23-18-15(27-3)9-6-11-17(18)29-21/h4-6,8-11H,7,12-13H2,1-3H3. The molecule has 0 saturated carbocycles. The Balaban J connectivity index is 1.71. The first-order valence-corrected chi connectivity index (χ1v) is 11.0. The number of fused-ring (bicyclic) bond motifs is 2. The summed E-state index contributed by atoms with van der Waals surface area (Å²) in [5.74, 6) is 0.605. The van der Waals surface area contributed by atoms with Gasteiger partial charge in [0.15, 0.2) is 10.1 Å². The van der Waals surface area contributed by atoms with Gasteiger partial charge in [0.1, 0.15) is 11.3 Å². The van der Waals surface area contributed by atoms with Crippen LogP contribution < -0.4 is 9.64 Å². The molecule has 1 amide bonds. The van der Waals surface area contributed by atoms with E-state index in [1.54, 1.807) is 12.0 Å². The minimum atomic E-state index is -0.108. The van der Waals surface area contributed by atoms with Crippen molar-refractivity contribution in [3.05, 3.63) is 47.5 Å². The van der Waals surface area contributed by atoms with E-state index in [-0.39, 0.29) is 5.91 Å². The Labute approximate surface area is 177 Å². The zero-order valence-electron chi connectivity index (χ0n) is 16.6. The van der Waals surface area contributed by atoms with E-state index in [4.69, 9.17) is 9.72 Å². The van der Waals surface area contributed by atoms with E-state index in [1.807, 2.05) is 56.6 Å². The van der Waals surface area contributed by atoms with Gasteiger partial charge in [0.25, 0.3) is 5.91 Å². The van der Waals surface area contributed by atoms with E-state index < -0.39 is 0 Å². The van der Waals surface area contributed by atoms with Crippen LogP contribution in [0.1, 0.15) is 16.2 Å². The van der Waals surface area contributed by atoms with Crippen molar-refractivity contribution in [2.75, 3.05) is 39.2 Å². The Kier molecular flexibility index (Phi) is 5.75. The third-order valence-corrected chi connectivity index (χ3v) is 6.60. The lowest BCUT2D eigenvalue weighted by Crippen LogP contribution is -2.33. The van der Waals surface area contributed by atoms with Crippen molar-refractivity contribution in [3.63, 3.8) is 0 Å². The van der Waals surface area contributed by atoms with Crippen LogP contribution in [0.2, 0.25) is 0 Å². The van der Waals surface area contributed by atoms with Crippen molar-refractivity contribution in [1.82, 2.24) is 14.9 Å². The van der Waals surface area contributed by atoms with Crippen molar-refractivity contribution in [2.24, 2.45) is 0 Å². The van der Waals surface area contributed by atoms with Crippen molar-refractivity contribution in [1.29, 1.82) is 0 Å². The van der Waals surface area contributed by atoms with Crippen LogP contribution in [0.25, 0.3) is 20.4 Å². The lowest BCUT2D eigenvalue weighted by Gasteiger charge is -2.19. The molecule has 2 aromatic heterocycles. The predicted molar refractivity (Wildman–Crippen MR) is 121 cm³/mol. The van der Waals surface area contributed by atoms with Gasteiger partial charge in [0.2, 0.25) is 0 Å². The van der Waals surface area contributed by atoms with Crippen LogP contribution in [0, 0.1) is 0 Å². The maximum atomic E-state index is 13.4. The number of benzene rings is 2. The van der Waals surface area contributed by atoms with Gasteiger partial charge in [-0.25, -0.2) is 9.97 Å². The van der Waals surface area contributed by atoms with E-state index in [0.717, 1.165) is 33.4 Å². The number of anilines is 1. The minimum Gasteiger partial charge on any atom is -0.494 e. The predicted octanol–water partition coefficient (Wildman–Crippen LogP) is 4.51. The molecule has 8 heteroatoms. The molecule has 0 aliphatic carbocycles. The second kappa shape index (κ2) is 8.44. The third kappa shape index (κ3) is 4.10. The molecule has 4 rings (SSSR count). The lowest BCUT2D eigenvalue weighted by molar-refractivity contribution is 0.0986. The molecule has 0 aliphatic heterocycles. The van der Waals surface area contributed by atoms with Crippen LogP contribution in [-0.4, -0.2) is 55.1 Å². The number of carbonyl (C=O) groups is 1. The van der Waals surface area contributed by atoms with Gasteiger partial charge in [-0.05, 0) is 51.3 Å². The molecule has 0 fully saturated rings. The molecule has 2 heterocycles. The summed E-state index contributed by atoms with van der Waals surface area (Å²) in [6.07, 6.45) is 0.844. The zero-order chi connectivity index (χ0) is 20.4. The van der Waals surface area contributed by atoms with E-state index in [2.05, 4.69) is 9.88 Å². The van der Waals surface area contributed by atoms with Gasteiger partial charge in [-0.3, -0.25) is 9.69 Å². The van der Waals surface area contributed by atoms with Crippen LogP contribution in [0.3, 0.4) is 0 Å². The second-order valence-electron chi connectivity index (χ2n) is 6.90. The summed E-state index contributed by atoms with van der Waals surface area (Å²) >= 11 is 2.92. The first-order chi connectivity index (χ1) is 14.1. The smallest absolute Gasteiger partial charge is 0.289 e. The van der Waals surface area contributed by atoms with Crippen molar-refractivity contribution < 1.29 is 9.53 Å². The highest BCUT2D eigenvalue weighted by Gasteiger charge is 2.24. The molecule has 0 bridgehead atoms. The number of para-hydroxylation sites is 2. The average Bonchev–Trinajstić information content (AvgIpc) is 3.34. The maximum absolute atomic E-state index is 13.4. The number of hydrogen-bond acceptors (Lipinski definition) is 7. The third-order valence-electron chi connectivity index (χ3n) is 4.53. The number of ether oxygens (including phenoxy) is 1. The molecule has 0 aliphatic rings. The van der Waals surface area contributed by atoms with E-state index in [0.29, 0.717) is 22.4 Å². The fourth-order valence-corrected chi connectivity index (χ4v) is 5.02. The lowest BCUT2D eigenvalue weighted by atomic mass is 10.3. The van der Waals surface area contributed by atoms with E-state index in [1.165, 1.54) is 22.7 Å². The average molecular weight is 427 g/mol. The van der Waals surface area contributed by atoms with Gasteiger partial charge in [-0.1, -0.05) is 29.5 Å². The van der Waals surface area contributed by atoms with Crippen LogP contribution in [-0.2, 0) is 0 Å². The number of amides is 1. The van der Waals surface area contributed by atoms with Gasteiger partial charge < -0.3 is 9.64 Å². The second-order valence-corrected chi connectivity index (χ2v) is 8.94. The fraction of sp³-hybridized carbons (Fsp3) is 0.286. The quantitative estimate of drug-likeness (QED) is 0.435. The SMILES string of the molecule is COc1cccc2sc(N(CCCN(C)C)C(=O)c3nc4ccccc4s3)nc12.